The third-order valence-electron chi connectivity index (χ3n) is 4.70. The van der Waals surface area contributed by atoms with Crippen LogP contribution >= 0.6 is 0 Å². The number of aliphatic hydroxyl groups excluding tert-OH is 1. The van der Waals surface area contributed by atoms with Gasteiger partial charge in [-0.3, -0.25) is 0 Å². The maximum atomic E-state index is 12.6. The molecule has 0 bridgehead atoms. The van der Waals surface area contributed by atoms with Crippen LogP contribution in [0.2, 0.25) is 0 Å². The van der Waals surface area contributed by atoms with E-state index in [0.717, 1.165) is 25.8 Å². The summed E-state index contributed by atoms with van der Waals surface area (Å²) in [6.07, 6.45) is 3.08. The van der Waals surface area contributed by atoms with Gasteiger partial charge >= 0.3 is 0 Å². The molecular formula is C14H22N2O4S. The Morgan fingerprint density at radius 1 is 1.33 bits per heavy atom. The zero-order valence-electron chi connectivity index (χ0n) is 12.2. The minimum absolute atomic E-state index is 0.0610. The van der Waals surface area contributed by atoms with Crippen LogP contribution in [-0.4, -0.2) is 55.5 Å². The van der Waals surface area contributed by atoms with Gasteiger partial charge in [-0.15, -0.1) is 0 Å². The Hall–Kier alpha value is -0.890. The average Bonchev–Trinajstić information content (AvgIpc) is 2.97. The molecule has 1 N–H and O–H groups in total. The van der Waals surface area contributed by atoms with Gasteiger partial charge in [-0.2, -0.15) is 4.31 Å². The first kappa shape index (κ1) is 15.0. The first-order chi connectivity index (χ1) is 10.0. The van der Waals surface area contributed by atoms with Gasteiger partial charge in [-0.05, 0) is 50.9 Å². The molecule has 2 atom stereocenters. The fraction of sp³-hybridized carbons (Fsp3) is 0.714. The molecule has 0 aliphatic carbocycles. The summed E-state index contributed by atoms with van der Waals surface area (Å²) < 4.78 is 32.0. The first-order valence-electron chi connectivity index (χ1n) is 7.42. The van der Waals surface area contributed by atoms with E-state index in [1.54, 1.807) is 0 Å². The van der Waals surface area contributed by atoms with Crippen molar-refractivity contribution in [3.63, 3.8) is 0 Å². The van der Waals surface area contributed by atoms with Crippen molar-refractivity contribution in [1.29, 1.82) is 0 Å². The Morgan fingerprint density at radius 2 is 2.14 bits per heavy atom. The lowest BCUT2D eigenvalue weighted by Crippen LogP contribution is -2.53. The van der Waals surface area contributed by atoms with E-state index in [2.05, 4.69) is 11.9 Å². The van der Waals surface area contributed by atoms with E-state index in [1.165, 1.54) is 16.4 Å². The minimum atomic E-state index is -3.58. The molecule has 0 spiro atoms. The number of sulfonamides is 1. The van der Waals surface area contributed by atoms with Gasteiger partial charge in [0, 0.05) is 19.1 Å². The van der Waals surface area contributed by atoms with Crippen LogP contribution in [0, 0.1) is 5.92 Å². The van der Waals surface area contributed by atoms with Gasteiger partial charge in [0.05, 0.1) is 0 Å². The molecule has 2 fully saturated rings. The van der Waals surface area contributed by atoms with Crippen LogP contribution in [0.4, 0.5) is 0 Å². The normalized spacial score (nSPS) is 28.5. The van der Waals surface area contributed by atoms with Crippen molar-refractivity contribution in [2.75, 3.05) is 26.7 Å². The molecule has 3 rings (SSSR count). The number of hydrogen-bond acceptors (Lipinski definition) is 5. The topological polar surface area (TPSA) is 74.0 Å². The molecule has 21 heavy (non-hydrogen) atoms. The first-order valence-corrected chi connectivity index (χ1v) is 8.86. The summed E-state index contributed by atoms with van der Waals surface area (Å²) >= 11 is 0. The fourth-order valence-corrected chi connectivity index (χ4v) is 4.99. The zero-order chi connectivity index (χ0) is 15.0. The van der Waals surface area contributed by atoms with Gasteiger partial charge < -0.3 is 14.4 Å². The summed E-state index contributed by atoms with van der Waals surface area (Å²) in [6.45, 7) is 1.91. The fourth-order valence-electron chi connectivity index (χ4n) is 3.55. The molecule has 6 nitrogen and oxygen atoms in total. The predicted octanol–water partition coefficient (Wildman–Crippen LogP) is 0.877. The standard InChI is InChI=1S/C14H22N2O4S/c1-15-7-2-3-11-9-16(8-6-13(11)15)21(18,19)14-5-4-12(10-17)20-14/h4-5,11,13,17H,2-3,6-10H2,1H3. The lowest BCUT2D eigenvalue weighted by molar-refractivity contribution is 0.0666. The number of furan rings is 1. The van der Waals surface area contributed by atoms with Crippen LogP contribution < -0.4 is 0 Å². The summed E-state index contributed by atoms with van der Waals surface area (Å²) in [5.74, 6) is 0.681. The van der Waals surface area contributed by atoms with Crippen molar-refractivity contribution in [2.24, 2.45) is 5.92 Å². The third-order valence-corrected chi connectivity index (χ3v) is 6.43. The van der Waals surface area contributed by atoms with Gasteiger partial charge in [0.15, 0.2) is 0 Å². The van der Waals surface area contributed by atoms with E-state index in [4.69, 9.17) is 9.52 Å². The Bertz CT molecular complexity index is 598. The Morgan fingerprint density at radius 3 is 2.86 bits per heavy atom. The highest BCUT2D eigenvalue weighted by Crippen LogP contribution is 2.32. The Balaban J connectivity index is 1.78. The quantitative estimate of drug-likeness (QED) is 0.896. The van der Waals surface area contributed by atoms with Crippen LogP contribution in [0.1, 0.15) is 25.0 Å². The number of piperidine rings is 2. The Kier molecular flexibility index (Phi) is 4.09. The number of nitrogens with zero attached hydrogens (tertiary/aromatic N) is 2. The molecule has 3 heterocycles. The number of aliphatic hydroxyl groups is 1. The molecule has 2 aliphatic heterocycles. The van der Waals surface area contributed by atoms with Crippen molar-refractivity contribution in [3.8, 4) is 0 Å². The van der Waals surface area contributed by atoms with Gasteiger partial charge in [-0.25, -0.2) is 8.42 Å². The second kappa shape index (κ2) is 5.72. The summed E-state index contributed by atoms with van der Waals surface area (Å²) in [7, 11) is -1.46. The van der Waals surface area contributed by atoms with Crippen LogP contribution in [0.5, 0.6) is 0 Å². The molecule has 118 valence electrons. The molecular weight excluding hydrogens is 292 g/mol. The molecule has 0 aromatic carbocycles. The molecule has 7 heteroatoms. The van der Waals surface area contributed by atoms with Crippen LogP contribution in [0.15, 0.2) is 21.6 Å². The van der Waals surface area contributed by atoms with Crippen molar-refractivity contribution in [1.82, 2.24) is 9.21 Å². The van der Waals surface area contributed by atoms with Gasteiger partial charge in [0.25, 0.3) is 10.0 Å². The van der Waals surface area contributed by atoms with E-state index < -0.39 is 10.0 Å². The molecule has 2 aliphatic rings. The number of likely N-dealkylation sites (tertiary alicyclic amines) is 1. The summed E-state index contributed by atoms with van der Waals surface area (Å²) in [6, 6.07) is 3.43. The summed E-state index contributed by atoms with van der Waals surface area (Å²) in [4.78, 5) is 2.36. The zero-order valence-corrected chi connectivity index (χ0v) is 13.1. The van der Waals surface area contributed by atoms with Crippen molar-refractivity contribution >= 4 is 10.0 Å². The average molecular weight is 314 g/mol. The maximum Gasteiger partial charge on any atom is 0.276 e. The van der Waals surface area contributed by atoms with E-state index in [1.807, 2.05) is 0 Å². The molecule has 2 saturated heterocycles. The second-order valence-corrected chi connectivity index (χ2v) is 7.85. The SMILES string of the molecule is CN1CCCC2CN(S(=O)(=O)c3ccc(CO)o3)CCC21. The van der Waals surface area contributed by atoms with E-state index >= 15 is 0 Å². The molecule has 0 amide bonds. The number of rotatable bonds is 3. The summed E-state index contributed by atoms with van der Waals surface area (Å²) in [5, 5.41) is 8.94. The molecule has 2 unspecified atom stereocenters. The number of fused-ring (bicyclic) bond motifs is 1. The van der Waals surface area contributed by atoms with Crippen molar-refractivity contribution in [2.45, 2.75) is 37.0 Å². The van der Waals surface area contributed by atoms with E-state index in [9.17, 15) is 8.42 Å². The largest absolute Gasteiger partial charge is 0.446 e. The van der Waals surface area contributed by atoms with E-state index in [-0.39, 0.29) is 17.5 Å². The third kappa shape index (κ3) is 2.75. The molecule has 1 aromatic rings. The van der Waals surface area contributed by atoms with Gasteiger partial charge in [0.2, 0.25) is 5.09 Å². The maximum absolute atomic E-state index is 12.6. The van der Waals surface area contributed by atoms with Crippen LogP contribution in [-0.2, 0) is 16.6 Å². The lowest BCUT2D eigenvalue weighted by atomic mass is 9.85. The highest BCUT2D eigenvalue weighted by atomic mass is 32.2. The smallest absolute Gasteiger partial charge is 0.276 e. The molecule has 0 saturated carbocycles. The predicted molar refractivity (Wildman–Crippen MR) is 77.1 cm³/mol. The second-order valence-electron chi connectivity index (χ2n) is 5.98. The van der Waals surface area contributed by atoms with Crippen molar-refractivity contribution < 1.29 is 17.9 Å². The van der Waals surface area contributed by atoms with Gasteiger partial charge in [0.1, 0.15) is 12.4 Å². The van der Waals surface area contributed by atoms with E-state index in [0.29, 0.717) is 25.0 Å². The van der Waals surface area contributed by atoms with Crippen LogP contribution in [0.3, 0.4) is 0 Å². The lowest BCUT2D eigenvalue weighted by Gasteiger charge is -2.45. The van der Waals surface area contributed by atoms with Crippen LogP contribution in [0.25, 0.3) is 0 Å². The molecule has 0 radical (unpaired) electrons. The van der Waals surface area contributed by atoms with Gasteiger partial charge in [-0.1, -0.05) is 0 Å². The summed E-state index contributed by atoms with van der Waals surface area (Å²) in [5.41, 5.74) is 0. The molecule has 1 aromatic heterocycles. The highest BCUT2D eigenvalue weighted by Gasteiger charge is 2.39. The highest BCUT2D eigenvalue weighted by molar-refractivity contribution is 7.89. The minimum Gasteiger partial charge on any atom is -0.446 e. The van der Waals surface area contributed by atoms with Crippen molar-refractivity contribution in [3.05, 3.63) is 17.9 Å². The monoisotopic (exact) mass is 314 g/mol. The Labute approximate surface area is 125 Å². The number of hydrogen-bond donors (Lipinski definition) is 1.